The van der Waals surface area contributed by atoms with Gasteiger partial charge in [0.25, 0.3) is 11.8 Å². The summed E-state index contributed by atoms with van der Waals surface area (Å²) in [5.74, 6) is 1.51. The van der Waals surface area contributed by atoms with Gasteiger partial charge in [0.15, 0.2) is 11.5 Å². The SMILES string of the molecule is N#Cc1ccc(C(=O)N2CCC[C@@H](n3cc(-c4nc(C5CC5)no4)nn3)C2)cc1. The molecule has 2 aliphatic rings. The number of piperidine rings is 1. The van der Waals surface area contributed by atoms with Crippen molar-refractivity contribution in [3.05, 3.63) is 47.4 Å². The number of likely N-dealkylation sites (tertiary alicyclic amines) is 1. The topological polar surface area (TPSA) is 114 Å². The molecule has 146 valence electrons. The van der Waals surface area contributed by atoms with Crippen molar-refractivity contribution in [2.24, 2.45) is 0 Å². The monoisotopic (exact) mass is 389 g/mol. The van der Waals surface area contributed by atoms with Gasteiger partial charge in [-0.05, 0) is 49.9 Å². The van der Waals surface area contributed by atoms with Gasteiger partial charge in [-0.15, -0.1) is 5.10 Å². The molecule has 0 N–H and O–H groups in total. The Morgan fingerprint density at radius 3 is 2.79 bits per heavy atom. The Kier molecular flexibility index (Phi) is 4.31. The Bertz CT molecular complexity index is 1070. The van der Waals surface area contributed by atoms with Crippen LogP contribution in [0.3, 0.4) is 0 Å². The van der Waals surface area contributed by atoms with Gasteiger partial charge in [0.05, 0.1) is 23.9 Å². The lowest BCUT2D eigenvalue weighted by Gasteiger charge is -2.32. The fourth-order valence-electron chi connectivity index (χ4n) is 3.62. The first-order valence-corrected chi connectivity index (χ1v) is 9.76. The predicted molar refractivity (Wildman–Crippen MR) is 101 cm³/mol. The Morgan fingerprint density at radius 2 is 2.03 bits per heavy atom. The molecule has 0 spiro atoms. The molecular weight excluding hydrogens is 370 g/mol. The van der Waals surface area contributed by atoms with Gasteiger partial charge in [-0.3, -0.25) is 4.79 Å². The van der Waals surface area contributed by atoms with E-state index >= 15 is 0 Å². The minimum absolute atomic E-state index is 0.0366. The highest BCUT2D eigenvalue weighted by Crippen LogP contribution is 2.38. The molecule has 9 heteroatoms. The number of carbonyl (C=O) groups excluding carboxylic acids is 1. The van der Waals surface area contributed by atoms with E-state index in [1.54, 1.807) is 28.9 Å². The number of aromatic nitrogens is 5. The van der Waals surface area contributed by atoms with Gasteiger partial charge in [-0.25, -0.2) is 4.68 Å². The second-order valence-electron chi connectivity index (χ2n) is 7.55. The first-order chi connectivity index (χ1) is 14.2. The highest BCUT2D eigenvalue weighted by molar-refractivity contribution is 5.94. The van der Waals surface area contributed by atoms with E-state index in [2.05, 4.69) is 26.5 Å². The second-order valence-corrected chi connectivity index (χ2v) is 7.55. The molecule has 2 fully saturated rings. The standard InChI is InChI=1S/C20H19N7O2/c21-10-13-3-5-15(6-4-13)20(28)26-9-1-2-16(11-26)27-12-17(23-25-27)19-22-18(24-29-19)14-7-8-14/h3-6,12,14,16H,1-2,7-9,11H2/t16-/m1/s1. The molecule has 0 radical (unpaired) electrons. The zero-order chi connectivity index (χ0) is 19.8. The molecular formula is C20H19N7O2. The van der Waals surface area contributed by atoms with Crippen LogP contribution in [0.2, 0.25) is 0 Å². The fourth-order valence-corrected chi connectivity index (χ4v) is 3.62. The molecule has 29 heavy (non-hydrogen) atoms. The van der Waals surface area contributed by atoms with Crippen LogP contribution in [0, 0.1) is 11.3 Å². The van der Waals surface area contributed by atoms with Crippen molar-refractivity contribution >= 4 is 5.91 Å². The second kappa shape index (κ2) is 7.13. The Morgan fingerprint density at radius 1 is 1.21 bits per heavy atom. The van der Waals surface area contributed by atoms with E-state index in [4.69, 9.17) is 9.78 Å². The lowest BCUT2D eigenvalue weighted by molar-refractivity contribution is 0.0672. The first-order valence-electron chi connectivity index (χ1n) is 9.76. The number of benzene rings is 1. The average Bonchev–Trinajstić information content (AvgIpc) is 3.29. The molecule has 0 bridgehead atoms. The van der Waals surface area contributed by atoms with Crippen molar-refractivity contribution in [3.63, 3.8) is 0 Å². The Hall–Kier alpha value is -3.54. The van der Waals surface area contributed by atoms with Crippen LogP contribution < -0.4 is 0 Å². The maximum Gasteiger partial charge on any atom is 0.280 e. The van der Waals surface area contributed by atoms with Gasteiger partial charge in [0, 0.05) is 24.6 Å². The molecule has 1 atom stereocenters. The summed E-state index contributed by atoms with van der Waals surface area (Å²) in [7, 11) is 0. The summed E-state index contributed by atoms with van der Waals surface area (Å²) in [5, 5.41) is 21.4. The smallest absolute Gasteiger partial charge is 0.280 e. The molecule has 0 unspecified atom stereocenters. The van der Waals surface area contributed by atoms with Crippen LogP contribution in [0.15, 0.2) is 35.0 Å². The number of nitrogens with zero attached hydrogens (tertiary/aromatic N) is 7. The third-order valence-corrected chi connectivity index (χ3v) is 5.43. The summed E-state index contributed by atoms with van der Waals surface area (Å²) < 4.78 is 7.11. The zero-order valence-electron chi connectivity index (χ0n) is 15.7. The maximum absolute atomic E-state index is 12.8. The highest BCUT2D eigenvalue weighted by atomic mass is 16.5. The van der Waals surface area contributed by atoms with Crippen molar-refractivity contribution < 1.29 is 9.32 Å². The molecule has 3 heterocycles. The minimum Gasteiger partial charge on any atom is -0.337 e. The van der Waals surface area contributed by atoms with Gasteiger partial charge >= 0.3 is 0 Å². The molecule has 1 aliphatic carbocycles. The molecule has 1 aliphatic heterocycles. The lowest BCUT2D eigenvalue weighted by Crippen LogP contribution is -2.40. The van der Waals surface area contributed by atoms with Gasteiger partial charge in [-0.2, -0.15) is 10.2 Å². The third kappa shape index (κ3) is 3.49. The molecule has 3 aromatic rings. The van der Waals surface area contributed by atoms with Crippen LogP contribution in [0.4, 0.5) is 0 Å². The highest BCUT2D eigenvalue weighted by Gasteiger charge is 2.30. The molecule has 1 saturated carbocycles. The van der Waals surface area contributed by atoms with E-state index in [-0.39, 0.29) is 11.9 Å². The molecule has 1 amide bonds. The Labute approximate surface area is 166 Å². The van der Waals surface area contributed by atoms with Gasteiger partial charge in [-0.1, -0.05) is 10.4 Å². The molecule has 5 rings (SSSR count). The van der Waals surface area contributed by atoms with Gasteiger partial charge < -0.3 is 9.42 Å². The predicted octanol–water partition coefficient (Wildman–Crippen LogP) is 2.55. The van der Waals surface area contributed by atoms with Crippen LogP contribution in [0.5, 0.6) is 0 Å². The van der Waals surface area contributed by atoms with E-state index in [0.717, 1.165) is 31.5 Å². The average molecular weight is 389 g/mol. The summed E-state index contributed by atoms with van der Waals surface area (Å²) in [6.45, 7) is 1.25. The number of hydrogen-bond donors (Lipinski definition) is 0. The zero-order valence-corrected chi connectivity index (χ0v) is 15.7. The molecule has 1 saturated heterocycles. The van der Waals surface area contributed by atoms with Crippen molar-refractivity contribution in [1.29, 1.82) is 5.26 Å². The van der Waals surface area contributed by atoms with Gasteiger partial charge in [0.2, 0.25) is 0 Å². The van der Waals surface area contributed by atoms with Crippen molar-refractivity contribution in [2.45, 2.75) is 37.6 Å². The Balaban J connectivity index is 1.29. The maximum atomic E-state index is 12.8. The van der Waals surface area contributed by atoms with E-state index in [1.165, 1.54) is 0 Å². The summed E-state index contributed by atoms with van der Waals surface area (Å²) in [4.78, 5) is 19.1. The van der Waals surface area contributed by atoms with E-state index in [0.29, 0.717) is 41.7 Å². The van der Waals surface area contributed by atoms with Crippen LogP contribution in [0.25, 0.3) is 11.6 Å². The summed E-state index contributed by atoms with van der Waals surface area (Å²) in [6.07, 6.45) is 5.82. The molecule has 1 aromatic carbocycles. The normalized spacial score (nSPS) is 19.1. The summed E-state index contributed by atoms with van der Waals surface area (Å²) in [5.41, 5.74) is 1.68. The molecule has 9 nitrogen and oxygen atoms in total. The van der Waals surface area contributed by atoms with Crippen LogP contribution >= 0.6 is 0 Å². The minimum atomic E-state index is -0.0366. The fraction of sp³-hybridized carbons (Fsp3) is 0.400. The summed E-state index contributed by atoms with van der Waals surface area (Å²) in [6, 6.07) is 8.84. The van der Waals surface area contributed by atoms with Crippen LogP contribution in [-0.2, 0) is 0 Å². The van der Waals surface area contributed by atoms with E-state index in [1.807, 2.05) is 11.1 Å². The number of rotatable bonds is 4. The van der Waals surface area contributed by atoms with Crippen molar-refractivity contribution in [3.8, 4) is 17.7 Å². The van der Waals surface area contributed by atoms with E-state index < -0.39 is 0 Å². The lowest BCUT2D eigenvalue weighted by atomic mass is 10.0. The van der Waals surface area contributed by atoms with E-state index in [9.17, 15) is 4.79 Å². The van der Waals surface area contributed by atoms with Crippen LogP contribution in [-0.4, -0.2) is 49.0 Å². The first kappa shape index (κ1) is 17.6. The van der Waals surface area contributed by atoms with Crippen molar-refractivity contribution in [2.75, 3.05) is 13.1 Å². The molecule has 2 aromatic heterocycles. The van der Waals surface area contributed by atoms with Crippen molar-refractivity contribution in [1.82, 2.24) is 30.0 Å². The third-order valence-electron chi connectivity index (χ3n) is 5.43. The number of carbonyl (C=O) groups is 1. The largest absolute Gasteiger partial charge is 0.337 e. The summed E-state index contributed by atoms with van der Waals surface area (Å²) >= 11 is 0. The van der Waals surface area contributed by atoms with Gasteiger partial charge in [0.1, 0.15) is 0 Å². The number of nitriles is 1. The van der Waals surface area contributed by atoms with Crippen LogP contribution in [0.1, 0.15) is 59.4 Å². The number of hydrogen-bond acceptors (Lipinski definition) is 7. The number of amides is 1. The quantitative estimate of drug-likeness (QED) is 0.673.